The minimum absolute atomic E-state index is 0.258. The zero-order chi connectivity index (χ0) is 17.4. The average molecular weight is 328 g/mol. The number of hydrogen-bond donors (Lipinski definition) is 2. The third-order valence-electron chi connectivity index (χ3n) is 3.79. The Balaban J connectivity index is 2.25. The summed E-state index contributed by atoms with van der Waals surface area (Å²) in [4.78, 5) is 10.8. The fourth-order valence-electron chi connectivity index (χ4n) is 2.54. The van der Waals surface area contributed by atoms with Crippen molar-refractivity contribution in [2.45, 2.75) is 38.7 Å². The summed E-state index contributed by atoms with van der Waals surface area (Å²) in [6.45, 7) is 2.71. The van der Waals surface area contributed by atoms with Crippen LogP contribution in [0.3, 0.4) is 0 Å². The molecular formula is C20H24O4. The normalized spacial score (nSPS) is 11.9. The van der Waals surface area contributed by atoms with Crippen LogP contribution in [0.1, 0.15) is 31.7 Å². The van der Waals surface area contributed by atoms with E-state index in [1.807, 2.05) is 48.5 Å². The van der Waals surface area contributed by atoms with E-state index in [2.05, 4.69) is 6.92 Å². The molecule has 0 fully saturated rings. The summed E-state index contributed by atoms with van der Waals surface area (Å²) in [5, 5.41) is 18.8. The second-order valence-electron chi connectivity index (χ2n) is 5.85. The van der Waals surface area contributed by atoms with Gasteiger partial charge in [0, 0.05) is 6.42 Å². The zero-order valence-electron chi connectivity index (χ0n) is 13.9. The van der Waals surface area contributed by atoms with Crippen LogP contribution in [-0.4, -0.2) is 28.9 Å². The number of hydrogen-bond acceptors (Lipinski definition) is 3. The second-order valence-corrected chi connectivity index (χ2v) is 5.85. The number of aliphatic hydroxyl groups excluding tert-OH is 1. The Bertz CT molecular complexity index is 652. The van der Waals surface area contributed by atoms with E-state index in [0.29, 0.717) is 12.4 Å². The lowest BCUT2D eigenvalue weighted by molar-refractivity contribution is -0.139. The van der Waals surface area contributed by atoms with E-state index in [1.165, 1.54) is 0 Å². The van der Waals surface area contributed by atoms with Crippen molar-refractivity contribution in [1.29, 1.82) is 0 Å². The van der Waals surface area contributed by atoms with E-state index in [1.54, 1.807) is 0 Å². The maximum atomic E-state index is 10.8. The van der Waals surface area contributed by atoms with Crippen molar-refractivity contribution in [2.75, 3.05) is 6.61 Å². The monoisotopic (exact) mass is 328 g/mol. The van der Waals surface area contributed by atoms with Gasteiger partial charge in [0.15, 0.2) is 0 Å². The minimum Gasteiger partial charge on any atom is -0.493 e. The van der Waals surface area contributed by atoms with Gasteiger partial charge in [-0.3, -0.25) is 4.79 Å². The summed E-state index contributed by atoms with van der Waals surface area (Å²) in [6.07, 6.45) is 1.05. The minimum atomic E-state index is -1.00. The third-order valence-corrected chi connectivity index (χ3v) is 3.79. The third kappa shape index (κ3) is 5.39. The molecule has 2 rings (SSSR count). The smallest absolute Gasteiger partial charge is 0.305 e. The molecular weight excluding hydrogens is 304 g/mol. The number of ether oxygens (including phenoxy) is 1. The van der Waals surface area contributed by atoms with Crippen LogP contribution in [0.2, 0.25) is 0 Å². The Kier molecular flexibility index (Phi) is 6.82. The highest BCUT2D eigenvalue weighted by atomic mass is 16.5. The van der Waals surface area contributed by atoms with Crippen LogP contribution in [-0.2, 0) is 11.2 Å². The Morgan fingerprint density at radius 1 is 1.12 bits per heavy atom. The maximum absolute atomic E-state index is 10.8. The summed E-state index contributed by atoms with van der Waals surface area (Å²) in [5.41, 5.74) is 2.93. The molecule has 2 aromatic rings. The van der Waals surface area contributed by atoms with Gasteiger partial charge in [0.2, 0.25) is 0 Å². The molecule has 0 unspecified atom stereocenters. The molecule has 0 saturated carbocycles. The average Bonchev–Trinajstić information content (AvgIpc) is 2.56. The zero-order valence-corrected chi connectivity index (χ0v) is 13.9. The molecule has 0 aliphatic rings. The van der Waals surface area contributed by atoms with Crippen molar-refractivity contribution in [3.63, 3.8) is 0 Å². The molecule has 0 radical (unpaired) electrons. The summed E-state index contributed by atoms with van der Waals surface area (Å²) in [7, 11) is 0. The molecule has 2 N–H and O–H groups in total. The first-order valence-electron chi connectivity index (χ1n) is 8.31. The standard InChI is InChI=1S/C20H24O4/c1-2-3-11-24-19-10-9-16(15-7-5-4-6-8-15)12-17(19)13-18(21)14-20(22)23/h4-10,12,18,21H,2-3,11,13-14H2,1H3,(H,22,23)/t18-/m0/s1. The first-order valence-corrected chi connectivity index (χ1v) is 8.31. The highest BCUT2D eigenvalue weighted by Crippen LogP contribution is 2.28. The van der Waals surface area contributed by atoms with E-state index >= 15 is 0 Å². The van der Waals surface area contributed by atoms with Crippen molar-refractivity contribution < 1.29 is 19.7 Å². The number of carbonyl (C=O) groups is 1. The lowest BCUT2D eigenvalue weighted by Crippen LogP contribution is -2.16. The van der Waals surface area contributed by atoms with Gasteiger partial charge in [0.25, 0.3) is 0 Å². The summed E-state index contributed by atoms with van der Waals surface area (Å²) in [6, 6.07) is 15.8. The van der Waals surface area contributed by atoms with Crippen LogP contribution in [0.4, 0.5) is 0 Å². The molecule has 0 aromatic heterocycles. The molecule has 2 aromatic carbocycles. The molecule has 4 heteroatoms. The molecule has 0 aliphatic carbocycles. The van der Waals surface area contributed by atoms with E-state index in [4.69, 9.17) is 9.84 Å². The molecule has 4 nitrogen and oxygen atoms in total. The fourth-order valence-corrected chi connectivity index (χ4v) is 2.54. The molecule has 1 atom stereocenters. The van der Waals surface area contributed by atoms with Crippen molar-refractivity contribution in [2.24, 2.45) is 0 Å². The maximum Gasteiger partial charge on any atom is 0.305 e. The predicted octanol–water partition coefficient (Wildman–Crippen LogP) is 3.91. The van der Waals surface area contributed by atoms with Gasteiger partial charge in [-0.25, -0.2) is 0 Å². The topological polar surface area (TPSA) is 66.8 Å². The van der Waals surface area contributed by atoms with Crippen LogP contribution < -0.4 is 4.74 Å². The van der Waals surface area contributed by atoms with Gasteiger partial charge in [0.05, 0.1) is 19.1 Å². The highest BCUT2D eigenvalue weighted by Gasteiger charge is 2.14. The summed E-state index contributed by atoms with van der Waals surface area (Å²) in [5.74, 6) is -0.289. The van der Waals surface area contributed by atoms with Crippen LogP contribution in [0.5, 0.6) is 5.75 Å². The molecule has 0 saturated heterocycles. The molecule has 0 bridgehead atoms. The predicted molar refractivity (Wildman–Crippen MR) is 94.2 cm³/mol. The Morgan fingerprint density at radius 2 is 1.88 bits per heavy atom. The molecule has 0 heterocycles. The number of aliphatic hydroxyl groups is 1. The number of carboxylic acids is 1. The molecule has 0 spiro atoms. The van der Waals surface area contributed by atoms with E-state index in [9.17, 15) is 9.90 Å². The van der Waals surface area contributed by atoms with Crippen LogP contribution in [0.15, 0.2) is 48.5 Å². The highest BCUT2D eigenvalue weighted by molar-refractivity contribution is 5.68. The van der Waals surface area contributed by atoms with E-state index in [0.717, 1.165) is 29.5 Å². The quantitative estimate of drug-likeness (QED) is 0.685. The van der Waals surface area contributed by atoms with Crippen molar-refractivity contribution in [3.05, 3.63) is 54.1 Å². The Morgan fingerprint density at radius 3 is 2.54 bits per heavy atom. The van der Waals surface area contributed by atoms with Crippen LogP contribution in [0.25, 0.3) is 11.1 Å². The van der Waals surface area contributed by atoms with Gasteiger partial charge < -0.3 is 14.9 Å². The molecule has 0 aliphatic heterocycles. The summed E-state index contributed by atoms with van der Waals surface area (Å²) >= 11 is 0. The molecule has 0 amide bonds. The molecule has 24 heavy (non-hydrogen) atoms. The van der Waals surface area contributed by atoms with Gasteiger partial charge in [-0.15, -0.1) is 0 Å². The first kappa shape index (κ1) is 18.0. The fraction of sp³-hybridized carbons (Fsp3) is 0.350. The van der Waals surface area contributed by atoms with Crippen LogP contribution >= 0.6 is 0 Å². The van der Waals surface area contributed by atoms with Gasteiger partial charge in [-0.1, -0.05) is 49.7 Å². The number of benzene rings is 2. The SMILES string of the molecule is CCCCOc1ccc(-c2ccccc2)cc1C[C@H](O)CC(=O)O. The summed E-state index contributed by atoms with van der Waals surface area (Å²) < 4.78 is 5.82. The first-order chi connectivity index (χ1) is 11.6. The number of unbranched alkanes of at least 4 members (excludes halogenated alkanes) is 1. The Hall–Kier alpha value is -2.33. The Labute approximate surface area is 142 Å². The lowest BCUT2D eigenvalue weighted by atomic mass is 9.98. The number of carboxylic acid groups (broad SMARTS) is 1. The largest absolute Gasteiger partial charge is 0.493 e. The number of aliphatic carboxylic acids is 1. The van der Waals surface area contributed by atoms with E-state index < -0.39 is 12.1 Å². The lowest BCUT2D eigenvalue weighted by Gasteiger charge is -2.15. The van der Waals surface area contributed by atoms with Gasteiger partial charge in [-0.2, -0.15) is 0 Å². The van der Waals surface area contributed by atoms with E-state index in [-0.39, 0.29) is 12.8 Å². The molecule has 128 valence electrons. The van der Waals surface area contributed by atoms with Gasteiger partial charge in [-0.05, 0) is 35.2 Å². The van der Waals surface area contributed by atoms with Gasteiger partial charge >= 0.3 is 5.97 Å². The second kappa shape index (κ2) is 9.08. The van der Waals surface area contributed by atoms with Crippen LogP contribution in [0, 0.1) is 0 Å². The van der Waals surface area contributed by atoms with Crippen molar-refractivity contribution >= 4 is 5.97 Å². The number of rotatable bonds is 9. The van der Waals surface area contributed by atoms with Crippen molar-refractivity contribution in [3.8, 4) is 16.9 Å². The van der Waals surface area contributed by atoms with Crippen molar-refractivity contribution in [1.82, 2.24) is 0 Å². The van der Waals surface area contributed by atoms with Gasteiger partial charge in [0.1, 0.15) is 5.75 Å².